The molecule has 1 amide bonds. The first-order chi connectivity index (χ1) is 11.1. The summed E-state index contributed by atoms with van der Waals surface area (Å²) in [6, 6.07) is 9.35. The van der Waals surface area contributed by atoms with Crippen molar-refractivity contribution in [1.82, 2.24) is 14.8 Å². The van der Waals surface area contributed by atoms with E-state index in [0.717, 1.165) is 16.3 Å². The summed E-state index contributed by atoms with van der Waals surface area (Å²) in [5, 5.41) is 7.73. The normalized spacial score (nSPS) is 10.6. The van der Waals surface area contributed by atoms with Gasteiger partial charge in [0, 0.05) is 24.9 Å². The van der Waals surface area contributed by atoms with Gasteiger partial charge >= 0.3 is 0 Å². The number of hydrogen-bond acceptors (Lipinski definition) is 5. The molecule has 3 aromatic rings. The molecule has 2 aromatic heterocycles. The molecule has 118 valence electrons. The molecule has 0 saturated carbocycles. The molecule has 0 atom stereocenters. The Morgan fingerprint density at radius 2 is 2.00 bits per heavy atom. The van der Waals surface area contributed by atoms with Crippen LogP contribution in [0.4, 0.5) is 5.82 Å². The average Bonchev–Trinajstić information content (AvgIpc) is 3.13. The van der Waals surface area contributed by atoms with Crippen molar-refractivity contribution >= 4 is 23.1 Å². The van der Waals surface area contributed by atoms with Gasteiger partial charge in [-0.2, -0.15) is 5.10 Å². The fourth-order valence-electron chi connectivity index (χ4n) is 2.12. The van der Waals surface area contributed by atoms with Gasteiger partial charge in [-0.05, 0) is 31.2 Å². The third-order valence-electron chi connectivity index (χ3n) is 3.30. The van der Waals surface area contributed by atoms with E-state index >= 15 is 0 Å². The molecule has 0 unspecified atom stereocenters. The SMILES string of the molecule is COc1ccc(-c2nc(C)c(C(=O)Nc3ccn(C)n3)s2)cc1. The third kappa shape index (κ3) is 3.24. The van der Waals surface area contributed by atoms with Gasteiger partial charge < -0.3 is 10.1 Å². The highest BCUT2D eigenvalue weighted by atomic mass is 32.1. The summed E-state index contributed by atoms with van der Waals surface area (Å²) < 4.78 is 6.79. The van der Waals surface area contributed by atoms with Crippen LogP contribution in [-0.4, -0.2) is 27.8 Å². The Kier molecular flexibility index (Phi) is 4.12. The van der Waals surface area contributed by atoms with E-state index in [4.69, 9.17) is 4.74 Å². The standard InChI is InChI=1S/C16H16N4O2S/c1-10-14(15(21)18-13-8-9-20(2)19-13)23-16(17-10)11-4-6-12(22-3)7-5-11/h4-9H,1-3H3,(H,18,19,21). The number of benzene rings is 1. The minimum absolute atomic E-state index is 0.196. The lowest BCUT2D eigenvalue weighted by Crippen LogP contribution is -2.12. The van der Waals surface area contributed by atoms with Crippen LogP contribution < -0.4 is 10.1 Å². The maximum Gasteiger partial charge on any atom is 0.268 e. The number of hydrogen-bond donors (Lipinski definition) is 1. The second-order valence-electron chi connectivity index (χ2n) is 4.99. The Morgan fingerprint density at radius 3 is 2.61 bits per heavy atom. The number of methoxy groups -OCH3 is 1. The van der Waals surface area contributed by atoms with Gasteiger partial charge in [0.05, 0.1) is 12.8 Å². The van der Waals surface area contributed by atoms with Crippen LogP contribution in [0.2, 0.25) is 0 Å². The van der Waals surface area contributed by atoms with Gasteiger partial charge in [0.1, 0.15) is 15.6 Å². The van der Waals surface area contributed by atoms with Crippen molar-refractivity contribution < 1.29 is 9.53 Å². The van der Waals surface area contributed by atoms with Gasteiger partial charge in [-0.3, -0.25) is 9.48 Å². The number of aryl methyl sites for hydroxylation is 2. The van der Waals surface area contributed by atoms with E-state index in [9.17, 15) is 4.79 Å². The third-order valence-corrected chi connectivity index (χ3v) is 4.50. The number of anilines is 1. The van der Waals surface area contributed by atoms with Gasteiger partial charge in [0.15, 0.2) is 5.82 Å². The molecule has 0 bridgehead atoms. The van der Waals surface area contributed by atoms with Crippen LogP contribution in [0.15, 0.2) is 36.5 Å². The highest BCUT2D eigenvalue weighted by Gasteiger charge is 2.17. The fraction of sp³-hybridized carbons (Fsp3) is 0.188. The first kappa shape index (κ1) is 15.2. The van der Waals surface area contributed by atoms with Crippen molar-refractivity contribution in [2.24, 2.45) is 7.05 Å². The molecule has 0 aliphatic carbocycles. The zero-order valence-electron chi connectivity index (χ0n) is 13.0. The molecular formula is C16H16N4O2S. The van der Waals surface area contributed by atoms with E-state index in [1.807, 2.05) is 31.2 Å². The van der Waals surface area contributed by atoms with Gasteiger partial charge in [0.25, 0.3) is 5.91 Å². The molecule has 1 N–H and O–H groups in total. The number of amides is 1. The predicted molar refractivity (Wildman–Crippen MR) is 90.0 cm³/mol. The number of carbonyl (C=O) groups excluding carboxylic acids is 1. The molecule has 6 nitrogen and oxygen atoms in total. The molecule has 23 heavy (non-hydrogen) atoms. The number of thiazole rings is 1. The second-order valence-corrected chi connectivity index (χ2v) is 5.99. The minimum Gasteiger partial charge on any atom is -0.497 e. The lowest BCUT2D eigenvalue weighted by molar-refractivity contribution is 0.102. The molecule has 7 heteroatoms. The summed E-state index contributed by atoms with van der Waals surface area (Å²) >= 11 is 1.36. The predicted octanol–water partition coefficient (Wildman–Crippen LogP) is 3.11. The van der Waals surface area contributed by atoms with Crippen LogP contribution in [0.1, 0.15) is 15.4 Å². The van der Waals surface area contributed by atoms with Gasteiger partial charge in [-0.15, -0.1) is 11.3 Å². The van der Waals surface area contributed by atoms with Crippen LogP contribution >= 0.6 is 11.3 Å². The van der Waals surface area contributed by atoms with E-state index < -0.39 is 0 Å². The topological polar surface area (TPSA) is 69.0 Å². The van der Waals surface area contributed by atoms with Crippen molar-refractivity contribution in [2.75, 3.05) is 12.4 Å². The molecule has 0 aliphatic rings. The average molecular weight is 328 g/mol. The summed E-state index contributed by atoms with van der Waals surface area (Å²) in [4.78, 5) is 17.5. The number of nitrogens with one attached hydrogen (secondary N) is 1. The van der Waals surface area contributed by atoms with Crippen molar-refractivity contribution in [2.45, 2.75) is 6.92 Å². The summed E-state index contributed by atoms with van der Waals surface area (Å²) in [7, 11) is 3.43. The summed E-state index contributed by atoms with van der Waals surface area (Å²) in [5.74, 6) is 1.12. The zero-order chi connectivity index (χ0) is 16.4. The molecule has 0 radical (unpaired) electrons. The fourth-order valence-corrected chi connectivity index (χ4v) is 3.09. The molecule has 2 heterocycles. The van der Waals surface area contributed by atoms with Crippen LogP contribution in [-0.2, 0) is 7.05 Å². The second kappa shape index (κ2) is 6.21. The number of rotatable bonds is 4. The number of nitrogens with zero attached hydrogens (tertiary/aromatic N) is 3. The highest BCUT2D eigenvalue weighted by Crippen LogP contribution is 2.29. The van der Waals surface area contributed by atoms with Crippen molar-refractivity contribution in [3.63, 3.8) is 0 Å². The smallest absolute Gasteiger partial charge is 0.268 e. The van der Waals surface area contributed by atoms with E-state index in [1.54, 1.807) is 31.1 Å². The maximum absolute atomic E-state index is 12.4. The summed E-state index contributed by atoms with van der Waals surface area (Å²) in [6.45, 7) is 1.83. The molecule has 3 rings (SSSR count). The molecule has 0 saturated heterocycles. The summed E-state index contributed by atoms with van der Waals surface area (Å²) in [5.41, 5.74) is 1.66. The van der Waals surface area contributed by atoms with Crippen LogP contribution in [0, 0.1) is 6.92 Å². The van der Waals surface area contributed by atoms with Gasteiger partial charge in [-0.1, -0.05) is 0 Å². The van der Waals surface area contributed by atoms with Gasteiger partial charge in [0.2, 0.25) is 0 Å². The molecule has 0 spiro atoms. The lowest BCUT2D eigenvalue weighted by atomic mass is 10.2. The monoisotopic (exact) mass is 328 g/mol. The van der Waals surface area contributed by atoms with Gasteiger partial charge in [-0.25, -0.2) is 4.98 Å². The first-order valence-electron chi connectivity index (χ1n) is 6.99. The molecular weight excluding hydrogens is 312 g/mol. The lowest BCUT2D eigenvalue weighted by Gasteiger charge is -2.00. The molecule has 0 aliphatic heterocycles. The van der Waals surface area contributed by atoms with E-state index in [-0.39, 0.29) is 5.91 Å². The minimum atomic E-state index is -0.196. The quantitative estimate of drug-likeness (QED) is 0.799. The highest BCUT2D eigenvalue weighted by molar-refractivity contribution is 7.17. The Bertz CT molecular complexity index is 836. The maximum atomic E-state index is 12.4. The van der Waals surface area contributed by atoms with E-state index in [1.165, 1.54) is 11.3 Å². The Morgan fingerprint density at radius 1 is 1.26 bits per heavy atom. The van der Waals surface area contributed by atoms with E-state index in [0.29, 0.717) is 16.4 Å². The van der Waals surface area contributed by atoms with Crippen LogP contribution in [0.25, 0.3) is 10.6 Å². The largest absolute Gasteiger partial charge is 0.497 e. The Hall–Kier alpha value is -2.67. The van der Waals surface area contributed by atoms with Crippen molar-refractivity contribution in [3.8, 4) is 16.3 Å². The van der Waals surface area contributed by atoms with Crippen LogP contribution in [0.5, 0.6) is 5.75 Å². The van der Waals surface area contributed by atoms with Crippen LogP contribution in [0.3, 0.4) is 0 Å². The molecule has 0 fully saturated rings. The number of aromatic nitrogens is 3. The van der Waals surface area contributed by atoms with Crippen molar-refractivity contribution in [3.05, 3.63) is 47.1 Å². The number of carbonyl (C=O) groups is 1. The van der Waals surface area contributed by atoms with Crippen molar-refractivity contribution in [1.29, 1.82) is 0 Å². The zero-order valence-corrected chi connectivity index (χ0v) is 13.8. The number of ether oxygens (including phenoxy) is 1. The summed E-state index contributed by atoms with van der Waals surface area (Å²) in [6.07, 6.45) is 1.78. The first-order valence-corrected chi connectivity index (χ1v) is 7.81. The molecule has 1 aromatic carbocycles. The Balaban J connectivity index is 1.83. The Labute approximate surface area is 137 Å². The van der Waals surface area contributed by atoms with E-state index in [2.05, 4.69) is 15.4 Å².